The summed E-state index contributed by atoms with van der Waals surface area (Å²) >= 11 is 0. The molecule has 0 bridgehead atoms. The van der Waals surface area contributed by atoms with E-state index in [2.05, 4.69) is 5.16 Å². The first-order chi connectivity index (χ1) is 6.38. The number of hydrogen-bond donors (Lipinski definition) is 0. The van der Waals surface area contributed by atoms with Gasteiger partial charge < -0.3 is 8.94 Å². The highest BCUT2D eigenvalue weighted by atomic mass is 16.5. The summed E-state index contributed by atoms with van der Waals surface area (Å²) in [6.45, 7) is 0. The summed E-state index contributed by atoms with van der Waals surface area (Å²) in [5.74, 6) is 0.656. The van der Waals surface area contributed by atoms with Crippen molar-refractivity contribution in [2.45, 2.75) is 6.42 Å². The van der Waals surface area contributed by atoms with Gasteiger partial charge in [-0.3, -0.25) is 4.79 Å². The molecular formula is C9H7NO3. The monoisotopic (exact) mass is 177 g/mol. The smallest absolute Gasteiger partial charge is 0.171 e. The Morgan fingerprint density at radius 2 is 2.46 bits per heavy atom. The van der Waals surface area contributed by atoms with Crippen LogP contribution < -0.4 is 0 Å². The summed E-state index contributed by atoms with van der Waals surface area (Å²) in [7, 11) is 0. The molecule has 13 heavy (non-hydrogen) atoms. The first kappa shape index (κ1) is 7.79. The van der Waals surface area contributed by atoms with Crippen LogP contribution in [0.4, 0.5) is 0 Å². The molecule has 66 valence electrons. The normalized spacial score (nSPS) is 10.2. The number of aromatic nitrogens is 1. The molecule has 0 aliphatic carbocycles. The van der Waals surface area contributed by atoms with Gasteiger partial charge in [-0.2, -0.15) is 0 Å². The van der Waals surface area contributed by atoms with Gasteiger partial charge in [0, 0.05) is 12.5 Å². The molecule has 0 unspecified atom stereocenters. The quantitative estimate of drug-likeness (QED) is 0.669. The molecular weight excluding hydrogens is 170 g/mol. The second-order valence-electron chi connectivity index (χ2n) is 2.64. The summed E-state index contributed by atoms with van der Waals surface area (Å²) in [5.41, 5.74) is 1.31. The van der Waals surface area contributed by atoms with Crippen molar-refractivity contribution in [3.8, 4) is 0 Å². The summed E-state index contributed by atoms with van der Waals surface area (Å²) < 4.78 is 9.79. The number of hydrogen-bond acceptors (Lipinski definition) is 4. The van der Waals surface area contributed by atoms with E-state index in [4.69, 9.17) is 8.94 Å². The number of carbonyl (C=O) groups excluding carboxylic acids is 1. The van der Waals surface area contributed by atoms with Crippen molar-refractivity contribution in [1.29, 1.82) is 0 Å². The molecule has 0 amide bonds. The fraction of sp³-hybridized carbons (Fsp3) is 0.111. The van der Waals surface area contributed by atoms with E-state index in [1.807, 2.05) is 6.07 Å². The lowest BCUT2D eigenvalue weighted by Crippen LogP contribution is -1.80. The van der Waals surface area contributed by atoms with Gasteiger partial charge in [0.1, 0.15) is 11.5 Å². The minimum Gasteiger partial charge on any atom is -0.472 e. The Bertz CT molecular complexity index is 389. The average Bonchev–Trinajstić information content (AvgIpc) is 2.76. The van der Waals surface area contributed by atoms with E-state index in [0.29, 0.717) is 24.2 Å². The Morgan fingerprint density at radius 3 is 3.08 bits per heavy atom. The number of furan rings is 1. The highest BCUT2D eigenvalue weighted by Crippen LogP contribution is 2.10. The Morgan fingerprint density at radius 1 is 1.54 bits per heavy atom. The molecule has 0 saturated carbocycles. The lowest BCUT2D eigenvalue weighted by molar-refractivity contribution is 0.111. The van der Waals surface area contributed by atoms with E-state index in [1.165, 1.54) is 0 Å². The highest BCUT2D eigenvalue weighted by Gasteiger charge is 2.04. The van der Waals surface area contributed by atoms with E-state index in [9.17, 15) is 4.79 Å². The Labute approximate surface area is 74.1 Å². The summed E-state index contributed by atoms with van der Waals surface area (Å²) in [4.78, 5) is 10.3. The van der Waals surface area contributed by atoms with E-state index < -0.39 is 0 Å². The summed E-state index contributed by atoms with van der Waals surface area (Å²) in [6, 6.07) is 3.45. The van der Waals surface area contributed by atoms with E-state index in [0.717, 1.165) is 5.56 Å². The van der Waals surface area contributed by atoms with E-state index in [-0.39, 0.29) is 0 Å². The van der Waals surface area contributed by atoms with Crippen molar-refractivity contribution < 1.29 is 13.7 Å². The van der Waals surface area contributed by atoms with Crippen LogP contribution in [0.3, 0.4) is 0 Å². The topological polar surface area (TPSA) is 56.2 Å². The number of carbonyl (C=O) groups is 1. The molecule has 4 nitrogen and oxygen atoms in total. The molecule has 2 aromatic heterocycles. The van der Waals surface area contributed by atoms with E-state index >= 15 is 0 Å². The maximum absolute atomic E-state index is 10.3. The zero-order chi connectivity index (χ0) is 9.10. The Hall–Kier alpha value is -1.84. The van der Waals surface area contributed by atoms with Gasteiger partial charge in [0.15, 0.2) is 6.29 Å². The molecule has 0 aromatic carbocycles. The van der Waals surface area contributed by atoms with Gasteiger partial charge in [-0.25, -0.2) is 0 Å². The Kier molecular flexibility index (Phi) is 1.96. The van der Waals surface area contributed by atoms with Crippen molar-refractivity contribution >= 4 is 6.29 Å². The van der Waals surface area contributed by atoms with Crippen LogP contribution in [0, 0.1) is 0 Å². The zero-order valence-corrected chi connectivity index (χ0v) is 6.77. The van der Waals surface area contributed by atoms with Gasteiger partial charge in [0.05, 0.1) is 12.5 Å². The van der Waals surface area contributed by atoms with Gasteiger partial charge in [-0.1, -0.05) is 5.16 Å². The predicted molar refractivity (Wildman–Crippen MR) is 43.4 cm³/mol. The lowest BCUT2D eigenvalue weighted by atomic mass is 10.2. The molecule has 2 aromatic rings. The highest BCUT2D eigenvalue weighted by molar-refractivity contribution is 5.71. The molecule has 0 saturated heterocycles. The third-order valence-corrected chi connectivity index (χ3v) is 1.66. The SMILES string of the molecule is O=Cc1cc(Cc2ccoc2)on1. The van der Waals surface area contributed by atoms with Crippen molar-refractivity contribution in [2.24, 2.45) is 0 Å². The molecule has 0 N–H and O–H groups in total. The van der Waals surface area contributed by atoms with Crippen molar-refractivity contribution in [3.63, 3.8) is 0 Å². The summed E-state index contributed by atoms with van der Waals surface area (Å²) in [6.07, 6.45) is 4.47. The number of aldehydes is 1. The fourth-order valence-corrected chi connectivity index (χ4v) is 1.06. The third-order valence-electron chi connectivity index (χ3n) is 1.66. The number of rotatable bonds is 3. The molecule has 4 heteroatoms. The van der Waals surface area contributed by atoms with Crippen molar-refractivity contribution in [1.82, 2.24) is 5.16 Å². The molecule has 0 spiro atoms. The van der Waals surface area contributed by atoms with Crippen LogP contribution in [0.2, 0.25) is 0 Å². The minimum atomic E-state index is 0.318. The maximum Gasteiger partial charge on any atom is 0.171 e. The maximum atomic E-state index is 10.3. The van der Waals surface area contributed by atoms with Crippen molar-refractivity contribution in [3.05, 3.63) is 41.7 Å². The molecule has 0 aliphatic rings. The van der Waals surface area contributed by atoms with Gasteiger partial charge in [-0.05, 0) is 11.6 Å². The third kappa shape index (κ3) is 1.66. The second kappa shape index (κ2) is 3.26. The van der Waals surface area contributed by atoms with Crippen molar-refractivity contribution in [2.75, 3.05) is 0 Å². The molecule has 0 aliphatic heterocycles. The first-order valence-corrected chi connectivity index (χ1v) is 3.80. The molecule has 0 radical (unpaired) electrons. The van der Waals surface area contributed by atoms with Gasteiger partial charge in [-0.15, -0.1) is 0 Å². The standard InChI is InChI=1S/C9H7NO3/c11-5-8-4-9(13-10-8)3-7-1-2-12-6-7/h1-2,4-6H,3H2. The van der Waals surface area contributed by atoms with Crippen LogP contribution >= 0.6 is 0 Å². The van der Waals surface area contributed by atoms with Gasteiger partial charge in [0.2, 0.25) is 0 Å². The van der Waals surface area contributed by atoms with E-state index in [1.54, 1.807) is 18.6 Å². The van der Waals surface area contributed by atoms with Crippen LogP contribution in [-0.4, -0.2) is 11.4 Å². The van der Waals surface area contributed by atoms with Crippen LogP contribution in [0.25, 0.3) is 0 Å². The van der Waals surface area contributed by atoms with Crippen LogP contribution in [0.1, 0.15) is 21.8 Å². The number of nitrogens with zero attached hydrogens (tertiary/aromatic N) is 1. The van der Waals surface area contributed by atoms with Crippen LogP contribution in [0.15, 0.2) is 33.6 Å². The second-order valence-corrected chi connectivity index (χ2v) is 2.64. The predicted octanol–water partition coefficient (Wildman–Crippen LogP) is 1.67. The zero-order valence-electron chi connectivity index (χ0n) is 6.77. The fourth-order valence-electron chi connectivity index (χ4n) is 1.06. The lowest BCUT2D eigenvalue weighted by Gasteiger charge is -1.87. The largest absolute Gasteiger partial charge is 0.472 e. The Balaban J connectivity index is 2.14. The molecule has 0 atom stereocenters. The van der Waals surface area contributed by atoms with Crippen LogP contribution in [-0.2, 0) is 6.42 Å². The van der Waals surface area contributed by atoms with Gasteiger partial charge >= 0.3 is 0 Å². The van der Waals surface area contributed by atoms with Gasteiger partial charge in [0.25, 0.3) is 0 Å². The molecule has 2 heterocycles. The van der Waals surface area contributed by atoms with Crippen LogP contribution in [0.5, 0.6) is 0 Å². The molecule has 2 rings (SSSR count). The minimum absolute atomic E-state index is 0.318. The molecule has 0 fully saturated rings. The first-order valence-electron chi connectivity index (χ1n) is 3.80. The average molecular weight is 177 g/mol. The summed E-state index contributed by atoms with van der Waals surface area (Å²) in [5, 5.41) is 3.54.